The Morgan fingerprint density at radius 2 is 2.44 bits per heavy atom. The van der Waals surface area contributed by atoms with Gasteiger partial charge in [0, 0.05) is 0 Å². The molecular formula is C4H11N3O2. The zero-order valence-corrected chi connectivity index (χ0v) is 5.31. The molecule has 0 radical (unpaired) electrons. The SMILES string of the molecule is CNCOCC(=O)NN. The molecule has 5 heteroatoms. The third kappa shape index (κ3) is 5.22. The fourth-order valence-electron chi connectivity index (χ4n) is 0.287. The number of rotatable bonds is 4. The Morgan fingerprint density at radius 3 is 2.89 bits per heavy atom. The molecule has 0 fully saturated rings. The van der Waals surface area contributed by atoms with Crippen LogP contribution in [-0.4, -0.2) is 26.3 Å². The number of nitrogens with one attached hydrogen (secondary N) is 2. The first-order valence-electron chi connectivity index (χ1n) is 2.53. The lowest BCUT2D eigenvalue weighted by atomic mass is 10.7. The molecule has 54 valence electrons. The van der Waals surface area contributed by atoms with Gasteiger partial charge in [-0.3, -0.25) is 15.5 Å². The summed E-state index contributed by atoms with van der Waals surface area (Å²) in [5.41, 5.74) is 1.93. The molecule has 9 heavy (non-hydrogen) atoms. The minimum Gasteiger partial charge on any atom is -0.356 e. The number of nitrogens with two attached hydrogens (primary N) is 1. The molecule has 1 amide bonds. The summed E-state index contributed by atoms with van der Waals surface area (Å²) in [5.74, 6) is 4.43. The van der Waals surface area contributed by atoms with Gasteiger partial charge in [0.2, 0.25) is 0 Å². The van der Waals surface area contributed by atoms with Gasteiger partial charge < -0.3 is 4.74 Å². The summed E-state index contributed by atoms with van der Waals surface area (Å²) in [6, 6.07) is 0. The van der Waals surface area contributed by atoms with Crippen LogP contribution in [0.2, 0.25) is 0 Å². The molecule has 0 saturated carbocycles. The molecule has 0 aliphatic heterocycles. The van der Waals surface area contributed by atoms with Crippen molar-refractivity contribution in [2.24, 2.45) is 5.84 Å². The molecular weight excluding hydrogens is 122 g/mol. The van der Waals surface area contributed by atoms with Crippen molar-refractivity contribution in [2.75, 3.05) is 20.4 Å². The van der Waals surface area contributed by atoms with Crippen molar-refractivity contribution in [3.63, 3.8) is 0 Å². The van der Waals surface area contributed by atoms with Gasteiger partial charge in [-0.05, 0) is 7.05 Å². The van der Waals surface area contributed by atoms with Gasteiger partial charge in [-0.1, -0.05) is 0 Å². The van der Waals surface area contributed by atoms with Gasteiger partial charge >= 0.3 is 0 Å². The topological polar surface area (TPSA) is 76.4 Å². The van der Waals surface area contributed by atoms with Crippen molar-refractivity contribution in [1.82, 2.24) is 10.7 Å². The fourth-order valence-corrected chi connectivity index (χ4v) is 0.287. The molecule has 0 aliphatic carbocycles. The summed E-state index contributed by atoms with van der Waals surface area (Å²) < 4.78 is 4.73. The van der Waals surface area contributed by atoms with Crippen molar-refractivity contribution in [1.29, 1.82) is 0 Å². The molecule has 0 saturated heterocycles. The zero-order valence-electron chi connectivity index (χ0n) is 5.31. The maximum absolute atomic E-state index is 10.3. The lowest BCUT2D eigenvalue weighted by molar-refractivity contribution is -0.125. The number of carbonyl (C=O) groups is 1. The molecule has 0 spiro atoms. The average Bonchev–Trinajstić information content (AvgIpc) is 1.89. The fraction of sp³-hybridized carbons (Fsp3) is 0.750. The Balaban J connectivity index is 2.97. The number of ether oxygens (including phenoxy) is 1. The van der Waals surface area contributed by atoms with Crippen LogP contribution in [0.1, 0.15) is 0 Å². The summed E-state index contributed by atoms with van der Waals surface area (Å²) in [6.45, 7) is 0.352. The lowest BCUT2D eigenvalue weighted by Crippen LogP contribution is -2.34. The van der Waals surface area contributed by atoms with Crippen LogP contribution in [0.4, 0.5) is 0 Å². The van der Waals surface area contributed by atoms with Crippen molar-refractivity contribution in [2.45, 2.75) is 0 Å². The summed E-state index contributed by atoms with van der Waals surface area (Å²) in [4.78, 5) is 10.3. The van der Waals surface area contributed by atoms with Gasteiger partial charge in [-0.25, -0.2) is 5.84 Å². The van der Waals surface area contributed by atoms with E-state index in [-0.39, 0.29) is 12.5 Å². The molecule has 0 aromatic rings. The first-order valence-corrected chi connectivity index (χ1v) is 2.53. The van der Waals surface area contributed by atoms with Crippen molar-refractivity contribution in [3.05, 3.63) is 0 Å². The highest BCUT2D eigenvalue weighted by atomic mass is 16.5. The second-order valence-electron chi connectivity index (χ2n) is 1.41. The van der Waals surface area contributed by atoms with Crippen molar-refractivity contribution < 1.29 is 9.53 Å². The summed E-state index contributed by atoms with van der Waals surface area (Å²) in [5, 5.41) is 2.70. The number of amides is 1. The van der Waals surface area contributed by atoms with E-state index >= 15 is 0 Å². The Kier molecular flexibility index (Phi) is 5.09. The summed E-state index contributed by atoms with van der Waals surface area (Å²) in [7, 11) is 1.72. The van der Waals surface area contributed by atoms with Crippen LogP contribution >= 0.6 is 0 Å². The van der Waals surface area contributed by atoms with Gasteiger partial charge in [-0.2, -0.15) is 0 Å². The lowest BCUT2D eigenvalue weighted by Gasteiger charge is -1.99. The predicted molar refractivity (Wildman–Crippen MR) is 32.2 cm³/mol. The largest absolute Gasteiger partial charge is 0.356 e. The van der Waals surface area contributed by atoms with E-state index in [9.17, 15) is 4.79 Å². The molecule has 4 N–H and O–H groups in total. The van der Waals surface area contributed by atoms with Gasteiger partial charge in [0.25, 0.3) is 5.91 Å². The highest BCUT2D eigenvalue weighted by molar-refractivity contribution is 5.76. The van der Waals surface area contributed by atoms with E-state index in [0.717, 1.165) is 0 Å². The number of carbonyl (C=O) groups excluding carboxylic acids is 1. The molecule has 0 unspecified atom stereocenters. The second kappa shape index (κ2) is 5.49. The van der Waals surface area contributed by atoms with Gasteiger partial charge in [-0.15, -0.1) is 0 Å². The predicted octanol–water partition coefficient (Wildman–Crippen LogP) is -1.83. The molecule has 0 aromatic heterocycles. The van der Waals surface area contributed by atoms with E-state index in [2.05, 4.69) is 5.32 Å². The normalized spacial score (nSPS) is 9.11. The minimum absolute atomic E-state index is 0.00264. The maximum Gasteiger partial charge on any atom is 0.259 e. The third-order valence-corrected chi connectivity index (χ3v) is 0.641. The first-order chi connectivity index (χ1) is 4.31. The summed E-state index contributed by atoms with van der Waals surface area (Å²) >= 11 is 0. The van der Waals surface area contributed by atoms with E-state index in [1.165, 1.54) is 0 Å². The Labute approximate surface area is 53.5 Å². The smallest absolute Gasteiger partial charge is 0.259 e. The zero-order chi connectivity index (χ0) is 7.11. The van der Waals surface area contributed by atoms with Crippen LogP contribution in [-0.2, 0) is 9.53 Å². The second-order valence-corrected chi connectivity index (χ2v) is 1.41. The first kappa shape index (κ1) is 8.35. The van der Waals surface area contributed by atoms with Crippen LogP contribution in [0.15, 0.2) is 0 Å². The number of hydrazine groups is 1. The molecule has 0 heterocycles. The van der Waals surface area contributed by atoms with Gasteiger partial charge in [0.15, 0.2) is 0 Å². The van der Waals surface area contributed by atoms with Crippen LogP contribution in [0.5, 0.6) is 0 Å². The minimum atomic E-state index is -0.328. The third-order valence-electron chi connectivity index (χ3n) is 0.641. The molecule has 0 atom stereocenters. The molecule has 0 aromatic carbocycles. The van der Waals surface area contributed by atoms with E-state index in [1.807, 2.05) is 5.43 Å². The number of hydrogen-bond donors (Lipinski definition) is 3. The van der Waals surface area contributed by atoms with E-state index in [1.54, 1.807) is 7.05 Å². The van der Waals surface area contributed by atoms with Crippen LogP contribution in [0.25, 0.3) is 0 Å². The van der Waals surface area contributed by atoms with Gasteiger partial charge in [0.05, 0.1) is 6.73 Å². The Bertz CT molecular complexity index is 85.9. The quantitative estimate of drug-likeness (QED) is 0.139. The van der Waals surface area contributed by atoms with Crippen LogP contribution in [0.3, 0.4) is 0 Å². The number of hydrogen-bond acceptors (Lipinski definition) is 4. The molecule has 0 rings (SSSR count). The van der Waals surface area contributed by atoms with Crippen molar-refractivity contribution in [3.8, 4) is 0 Å². The van der Waals surface area contributed by atoms with Gasteiger partial charge in [0.1, 0.15) is 6.61 Å². The molecule has 0 bridgehead atoms. The highest BCUT2D eigenvalue weighted by Crippen LogP contribution is 1.67. The molecule has 5 nitrogen and oxygen atoms in total. The standard InChI is InChI=1S/C4H11N3O2/c1-6-3-9-2-4(8)7-5/h6H,2-3,5H2,1H3,(H,7,8). The molecule has 0 aliphatic rings. The Hall–Kier alpha value is -0.650. The average molecular weight is 133 g/mol. The maximum atomic E-state index is 10.3. The van der Waals surface area contributed by atoms with E-state index in [4.69, 9.17) is 10.6 Å². The monoisotopic (exact) mass is 133 g/mol. The summed E-state index contributed by atoms with van der Waals surface area (Å²) in [6.07, 6.45) is 0. The van der Waals surface area contributed by atoms with E-state index < -0.39 is 0 Å². The highest BCUT2D eigenvalue weighted by Gasteiger charge is 1.94. The van der Waals surface area contributed by atoms with E-state index in [0.29, 0.717) is 6.73 Å². The van der Waals surface area contributed by atoms with Crippen molar-refractivity contribution >= 4 is 5.91 Å². The van der Waals surface area contributed by atoms with Crippen LogP contribution in [0, 0.1) is 0 Å². The van der Waals surface area contributed by atoms with Crippen LogP contribution < -0.4 is 16.6 Å². The Morgan fingerprint density at radius 1 is 1.78 bits per heavy atom.